The van der Waals surface area contributed by atoms with Gasteiger partial charge >= 0.3 is 0 Å². The molecule has 0 spiro atoms. The highest BCUT2D eigenvalue weighted by Gasteiger charge is 2.46. The highest BCUT2D eigenvalue weighted by atomic mass is 32.1. The van der Waals surface area contributed by atoms with Gasteiger partial charge < -0.3 is 9.64 Å². The van der Waals surface area contributed by atoms with Crippen molar-refractivity contribution in [2.24, 2.45) is 0 Å². The van der Waals surface area contributed by atoms with Crippen LogP contribution in [0.1, 0.15) is 17.7 Å². The second kappa shape index (κ2) is 4.82. The molecule has 2 atom stereocenters. The molecule has 2 aliphatic heterocycles. The number of nitrogens with zero attached hydrogens (tertiary/aromatic N) is 1. The van der Waals surface area contributed by atoms with E-state index in [-0.39, 0.29) is 30.4 Å². The zero-order valence-electron chi connectivity index (χ0n) is 10.0. The van der Waals surface area contributed by atoms with Gasteiger partial charge in [0, 0.05) is 17.8 Å². The maximum atomic E-state index is 12.2. The van der Waals surface area contributed by atoms with Crippen LogP contribution in [-0.2, 0) is 20.7 Å². The predicted octanol–water partition coefficient (Wildman–Crippen LogP) is 1.25. The van der Waals surface area contributed by atoms with Crippen LogP contribution in [0, 0.1) is 0 Å². The number of fused-ring (bicyclic) bond motifs is 1. The smallest absolute Gasteiger partial charge is 0.223 e. The number of ketones is 1. The Balaban J connectivity index is 1.61. The largest absolute Gasteiger partial charge is 0.368 e. The standard InChI is InChI=1S/C13H15NO3S/c15-10-8-17-11-5-6-14(13(10)11)12(16)4-3-9-2-1-7-18-9/h1-2,7,11,13H,3-6,8H2. The molecule has 4 nitrogen and oxygen atoms in total. The van der Waals surface area contributed by atoms with Gasteiger partial charge in [-0.1, -0.05) is 6.07 Å². The second-order valence-corrected chi connectivity index (χ2v) is 5.75. The first-order valence-corrected chi connectivity index (χ1v) is 7.10. The Labute approximate surface area is 110 Å². The summed E-state index contributed by atoms with van der Waals surface area (Å²) in [7, 11) is 0. The number of rotatable bonds is 3. The first kappa shape index (κ1) is 11.9. The summed E-state index contributed by atoms with van der Waals surface area (Å²) in [6, 6.07) is 3.72. The zero-order valence-corrected chi connectivity index (χ0v) is 10.8. The van der Waals surface area contributed by atoms with Gasteiger partial charge in [0.1, 0.15) is 12.6 Å². The van der Waals surface area contributed by atoms with E-state index in [1.807, 2.05) is 17.5 Å². The first-order chi connectivity index (χ1) is 8.75. The van der Waals surface area contributed by atoms with Crippen molar-refractivity contribution in [1.29, 1.82) is 0 Å². The van der Waals surface area contributed by atoms with E-state index in [1.165, 1.54) is 4.88 Å². The third-order valence-electron chi connectivity index (χ3n) is 3.60. The van der Waals surface area contributed by atoms with Crippen LogP contribution >= 0.6 is 11.3 Å². The van der Waals surface area contributed by atoms with Gasteiger partial charge in [-0.3, -0.25) is 9.59 Å². The fourth-order valence-corrected chi connectivity index (χ4v) is 3.41. The van der Waals surface area contributed by atoms with Crippen molar-refractivity contribution < 1.29 is 14.3 Å². The maximum Gasteiger partial charge on any atom is 0.223 e. The van der Waals surface area contributed by atoms with Crippen molar-refractivity contribution in [2.45, 2.75) is 31.4 Å². The molecule has 3 heterocycles. The number of hydrogen-bond acceptors (Lipinski definition) is 4. The second-order valence-electron chi connectivity index (χ2n) is 4.72. The van der Waals surface area contributed by atoms with Crippen LogP contribution in [-0.4, -0.2) is 41.9 Å². The molecule has 1 aromatic heterocycles. The summed E-state index contributed by atoms with van der Waals surface area (Å²) >= 11 is 1.67. The highest BCUT2D eigenvalue weighted by molar-refractivity contribution is 7.09. The van der Waals surface area contributed by atoms with Gasteiger partial charge in [-0.2, -0.15) is 0 Å². The van der Waals surface area contributed by atoms with E-state index in [1.54, 1.807) is 16.2 Å². The van der Waals surface area contributed by atoms with E-state index in [4.69, 9.17) is 4.74 Å². The van der Waals surface area contributed by atoms with Crippen molar-refractivity contribution >= 4 is 23.0 Å². The van der Waals surface area contributed by atoms with E-state index in [0.29, 0.717) is 13.0 Å². The molecule has 0 saturated carbocycles. The van der Waals surface area contributed by atoms with Crippen LogP contribution in [0.3, 0.4) is 0 Å². The highest BCUT2D eigenvalue weighted by Crippen LogP contribution is 2.27. The maximum absolute atomic E-state index is 12.2. The Morgan fingerprint density at radius 3 is 3.22 bits per heavy atom. The number of carbonyl (C=O) groups excluding carboxylic acids is 2. The Kier molecular flexibility index (Phi) is 3.18. The molecule has 2 saturated heterocycles. The number of Topliss-reactive ketones (excluding diaryl/α,β-unsaturated/α-hetero) is 1. The topological polar surface area (TPSA) is 46.6 Å². The van der Waals surface area contributed by atoms with Gasteiger partial charge in [0.25, 0.3) is 0 Å². The third kappa shape index (κ3) is 2.08. The Morgan fingerprint density at radius 2 is 2.44 bits per heavy atom. The van der Waals surface area contributed by atoms with Crippen LogP contribution in [0.15, 0.2) is 17.5 Å². The first-order valence-electron chi connectivity index (χ1n) is 6.22. The van der Waals surface area contributed by atoms with E-state index in [0.717, 1.165) is 12.8 Å². The number of ether oxygens (including phenoxy) is 1. The van der Waals surface area contributed by atoms with Crippen molar-refractivity contribution in [2.75, 3.05) is 13.2 Å². The molecule has 3 rings (SSSR count). The molecule has 0 bridgehead atoms. The minimum absolute atomic E-state index is 0.0526. The number of likely N-dealkylation sites (tertiary alicyclic amines) is 1. The van der Waals surface area contributed by atoms with Crippen molar-refractivity contribution in [3.05, 3.63) is 22.4 Å². The van der Waals surface area contributed by atoms with Gasteiger partial charge in [0.2, 0.25) is 5.91 Å². The van der Waals surface area contributed by atoms with E-state index >= 15 is 0 Å². The summed E-state index contributed by atoms with van der Waals surface area (Å²) in [5, 5.41) is 2.01. The molecular weight excluding hydrogens is 250 g/mol. The Bertz CT molecular complexity index is 457. The molecule has 2 unspecified atom stereocenters. The summed E-state index contributed by atoms with van der Waals surface area (Å²) in [5.74, 6) is 0.136. The lowest BCUT2D eigenvalue weighted by atomic mass is 10.1. The molecule has 0 aliphatic carbocycles. The zero-order chi connectivity index (χ0) is 12.5. The van der Waals surface area contributed by atoms with Gasteiger partial charge in [0.05, 0.1) is 6.10 Å². The van der Waals surface area contributed by atoms with Gasteiger partial charge in [-0.15, -0.1) is 11.3 Å². The van der Waals surface area contributed by atoms with E-state index in [9.17, 15) is 9.59 Å². The van der Waals surface area contributed by atoms with Crippen LogP contribution in [0.4, 0.5) is 0 Å². The molecule has 5 heteroatoms. The normalized spacial score (nSPS) is 26.7. The fraction of sp³-hybridized carbons (Fsp3) is 0.538. The minimum atomic E-state index is -0.305. The molecule has 1 aromatic rings. The van der Waals surface area contributed by atoms with E-state index < -0.39 is 0 Å². The van der Waals surface area contributed by atoms with Crippen molar-refractivity contribution in [1.82, 2.24) is 4.90 Å². The van der Waals surface area contributed by atoms with Crippen LogP contribution in [0.2, 0.25) is 0 Å². The third-order valence-corrected chi connectivity index (χ3v) is 4.53. The van der Waals surface area contributed by atoms with Gasteiger partial charge in [-0.05, 0) is 24.3 Å². The summed E-state index contributed by atoms with van der Waals surface area (Å²) in [6.45, 7) is 0.828. The quantitative estimate of drug-likeness (QED) is 0.826. The van der Waals surface area contributed by atoms with Crippen LogP contribution in [0.5, 0.6) is 0 Å². The molecule has 2 aliphatic rings. The molecule has 1 amide bonds. The number of carbonyl (C=O) groups is 2. The van der Waals surface area contributed by atoms with Crippen LogP contribution in [0.25, 0.3) is 0 Å². The lowest BCUT2D eigenvalue weighted by Gasteiger charge is -2.21. The van der Waals surface area contributed by atoms with Crippen LogP contribution < -0.4 is 0 Å². The molecule has 96 valence electrons. The molecule has 18 heavy (non-hydrogen) atoms. The Morgan fingerprint density at radius 1 is 1.56 bits per heavy atom. The lowest BCUT2D eigenvalue weighted by molar-refractivity contribution is -0.136. The number of thiophene rings is 1. The fourth-order valence-electron chi connectivity index (χ4n) is 2.70. The van der Waals surface area contributed by atoms with Gasteiger partial charge in [0.15, 0.2) is 5.78 Å². The predicted molar refractivity (Wildman–Crippen MR) is 67.5 cm³/mol. The average Bonchev–Trinajstić information content (AvgIpc) is 3.05. The monoisotopic (exact) mass is 265 g/mol. The summed E-state index contributed by atoms with van der Waals surface area (Å²) < 4.78 is 5.38. The Hall–Kier alpha value is -1.20. The molecule has 0 radical (unpaired) electrons. The summed E-state index contributed by atoms with van der Waals surface area (Å²) in [4.78, 5) is 26.8. The molecule has 0 N–H and O–H groups in total. The summed E-state index contributed by atoms with van der Waals surface area (Å²) in [6.07, 6.45) is 1.99. The number of aryl methyl sites for hydroxylation is 1. The summed E-state index contributed by atoms with van der Waals surface area (Å²) in [5.41, 5.74) is 0. The average molecular weight is 265 g/mol. The van der Waals surface area contributed by atoms with E-state index in [2.05, 4.69) is 0 Å². The van der Waals surface area contributed by atoms with Gasteiger partial charge in [-0.25, -0.2) is 0 Å². The SMILES string of the molecule is O=C1COC2CCN(C(=O)CCc3cccs3)C12. The lowest BCUT2D eigenvalue weighted by Crippen LogP contribution is -2.42. The minimum Gasteiger partial charge on any atom is -0.368 e. The molecule has 2 fully saturated rings. The number of amides is 1. The molecular formula is C13H15NO3S. The number of hydrogen-bond donors (Lipinski definition) is 0. The molecule has 0 aromatic carbocycles. The van der Waals surface area contributed by atoms with Crippen molar-refractivity contribution in [3.8, 4) is 0 Å². The van der Waals surface area contributed by atoms with Crippen molar-refractivity contribution in [3.63, 3.8) is 0 Å².